The Morgan fingerprint density at radius 2 is 1.87 bits per heavy atom. The molecule has 0 spiro atoms. The van der Waals surface area contributed by atoms with Crippen LogP contribution in [0.1, 0.15) is 65.0 Å². The van der Waals surface area contributed by atoms with Crippen molar-refractivity contribution < 1.29 is 28.6 Å². The molecule has 208 valence electrons. The number of benzene rings is 1. The predicted octanol–water partition coefficient (Wildman–Crippen LogP) is 4.09. The number of amidine groups is 1. The van der Waals surface area contributed by atoms with Gasteiger partial charge in [-0.1, -0.05) is 26.8 Å². The number of cyclic esters (lactones) is 2. The molecule has 1 aromatic rings. The molecule has 3 aliphatic rings. The number of rotatable bonds is 6. The number of carbonyl (C=O) groups is 3. The van der Waals surface area contributed by atoms with Crippen molar-refractivity contribution in [2.45, 2.75) is 78.7 Å². The topological polar surface area (TPSA) is 124 Å². The maximum absolute atomic E-state index is 12.6. The van der Waals surface area contributed by atoms with E-state index in [1.54, 1.807) is 18.7 Å². The summed E-state index contributed by atoms with van der Waals surface area (Å²) in [5.74, 6) is 0.404. The Labute approximate surface area is 224 Å². The van der Waals surface area contributed by atoms with E-state index in [0.717, 1.165) is 36.1 Å². The SMILES string of the molecule is CC(C)C(N)=NC(=O)N1CCC([C@H](C)CCOc2ccc3c(c2)CN2C(=O)OC(C)(C)OC(=O)[C@@H]2C3)CC1. The lowest BCUT2D eigenvalue weighted by Gasteiger charge is -2.34. The number of fused-ring (bicyclic) bond motifs is 2. The fraction of sp³-hybridized carbons (Fsp3) is 0.643. The first kappa shape index (κ1) is 27.7. The number of ether oxygens (including phenoxy) is 3. The highest BCUT2D eigenvalue weighted by atomic mass is 16.7. The Hall–Kier alpha value is -3.30. The number of hydrogen-bond acceptors (Lipinski definition) is 6. The van der Waals surface area contributed by atoms with Gasteiger partial charge < -0.3 is 24.8 Å². The molecule has 2 atom stereocenters. The van der Waals surface area contributed by atoms with Crippen LogP contribution in [0.5, 0.6) is 5.75 Å². The lowest BCUT2D eigenvalue weighted by molar-refractivity contribution is -0.189. The van der Waals surface area contributed by atoms with Crippen LogP contribution in [0.15, 0.2) is 23.2 Å². The van der Waals surface area contributed by atoms with Crippen molar-refractivity contribution in [2.24, 2.45) is 28.5 Å². The van der Waals surface area contributed by atoms with Gasteiger partial charge >= 0.3 is 18.1 Å². The lowest BCUT2D eigenvalue weighted by atomic mass is 9.84. The average molecular weight is 529 g/mol. The normalized spacial score (nSPS) is 22.7. The minimum absolute atomic E-state index is 0.0561. The third-order valence-corrected chi connectivity index (χ3v) is 7.77. The predicted molar refractivity (Wildman–Crippen MR) is 142 cm³/mol. The molecule has 0 aliphatic carbocycles. The molecule has 0 unspecified atom stereocenters. The van der Waals surface area contributed by atoms with Gasteiger partial charge in [0.25, 0.3) is 5.79 Å². The zero-order valence-corrected chi connectivity index (χ0v) is 23.1. The highest BCUT2D eigenvalue weighted by Crippen LogP contribution is 2.32. The van der Waals surface area contributed by atoms with Crippen molar-refractivity contribution in [1.82, 2.24) is 9.80 Å². The smallest absolute Gasteiger partial charge is 0.414 e. The molecule has 2 saturated heterocycles. The van der Waals surface area contributed by atoms with Crippen LogP contribution in [0.3, 0.4) is 0 Å². The number of likely N-dealkylation sites (tertiary alicyclic amines) is 1. The van der Waals surface area contributed by atoms with Gasteiger partial charge in [-0.2, -0.15) is 4.99 Å². The standard InChI is InChI=1S/C28H40N4O6/c1-17(2)24(29)30-26(34)31-11-8-19(9-12-31)18(3)10-13-36-22-7-6-20-15-23-25(33)37-28(4,5)38-27(35)32(23)16-21(20)14-22/h6-7,14,17-19,23H,8-13,15-16H2,1-5H3,(H2,29,30,34)/t18-,23+/m1/s1. The van der Waals surface area contributed by atoms with Gasteiger partial charge in [0.05, 0.1) is 13.2 Å². The Morgan fingerprint density at radius 3 is 2.55 bits per heavy atom. The van der Waals surface area contributed by atoms with Gasteiger partial charge in [0.2, 0.25) is 0 Å². The summed E-state index contributed by atoms with van der Waals surface area (Å²) in [6.45, 7) is 11.4. The molecular formula is C28H40N4O6. The van der Waals surface area contributed by atoms with Gasteiger partial charge in [0.15, 0.2) is 0 Å². The van der Waals surface area contributed by atoms with E-state index in [1.807, 2.05) is 32.0 Å². The number of urea groups is 1. The van der Waals surface area contributed by atoms with Crippen molar-refractivity contribution in [1.29, 1.82) is 0 Å². The summed E-state index contributed by atoms with van der Waals surface area (Å²) in [5, 5.41) is 0. The third-order valence-electron chi connectivity index (χ3n) is 7.77. The third kappa shape index (κ3) is 6.39. The van der Waals surface area contributed by atoms with Crippen molar-refractivity contribution in [3.63, 3.8) is 0 Å². The first-order valence-electron chi connectivity index (χ1n) is 13.5. The van der Waals surface area contributed by atoms with Crippen LogP contribution in [-0.4, -0.2) is 65.3 Å². The molecular weight excluding hydrogens is 488 g/mol. The highest BCUT2D eigenvalue weighted by molar-refractivity contribution is 5.93. The molecule has 3 aliphatic heterocycles. The van der Waals surface area contributed by atoms with Crippen LogP contribution in [0.25, 0.3) is 0 Å². The van der Waals surface area contributed by atoms with Crippen molar-refractivity contribution in [3.05, 3.63) is 29.3 Å². The molecule has 0 bridgehead atoms. The number of piperidine rings is 1. The largest absolute Gasteiger partial charge is 0.494 e. The van der Waals surface area contributed by atoms with Crippen LogP contribution in [0.2, 0.25) is 0 Å². The molecule has 0 aromatic heterocycles. The summed E-state index contributed by atoms with van der Waals surface area (Å²) >= 11 is 0. The van der Waals surface area contributed by atoms with Crippen molar-refractivity contribution in [3.8, 4) is 5.75 Å². The van der Waals surface area contributed by atoms with E-state index in [9.17, 15) is 14.4 Å². The average Bonchev–Trinajstić information content (AvgIpc) is 2.94. The van der Waals surface area contributed by atoms with E-state index in [2.05, 4.69) is 11.9 Å². The van der Waals surface area contributed by atoms with E-state index >= 15 is 0 Å². The minimum atomic E-state index is -1.29. The monoisotopic (exact) mass is 528 g/mol. The number of nitrogens with zero attached hydrogens (tertiary/aromatic N) is 3. The van der Waals surface area contributed by atoms with E-state index in [0.29, 0.717) is 43.8 Å². The molecule has 1 aromatic carbocycles. The number of hydrogen-bond donors (Lipinski definition) is 1. The molecule has 2 N–H and O–H groups in total. The zero-order valence-electron chi connectivity index (χ0n) is 23.1. The number of carbonyl (C=O) groups excluding carboxylic acids is 3. The fourth-order valence-corrected chi connectivity index (χ4v) is 5.22. The van der Waals surface area contributed by atoms with Crippen LogP contribution >= 0.6 is 0 Å². The number of aliphatic imine (C=N–C) groups is 1. The van der Waals surface area contributed by atoms with Gasteiger partial charge in [0.1, 0.15) is 17.6 Å². The number of esters is 1. The van der Waals surface area contributed by atoms with Gasteiger partial charge in [0, 0.05) is 39.3 Å². The zero-order chi connectivity index (χ0) is 27.6. The molecule has 0 radical (unpaired) electrons. The fourth-order valence-electron chi connectivity index (χ4n) is 5.22. The molecule has 3 heterocycles. The Bertz CT molecular complexity index is 1090. The summed E-state index contributed by atoms with van der Waals surface area (Å²) in [6, 6.07) is 4.89. The second kappa shape index (κ2) is 11.2. The summed E-state index contributed by atoms with van der Waals surface area (Å²) in [5.41, 5.74) is 7.78. The number of amides is 3. The molecule has 10 nitrogen and oxygen atoms in total. The summed E-state index contributed by atoms with van der Waals surface area (Å²) in [7, 11) is 0. The van der Waals surface area contributed by atoms with E-state index in [1.165, 1.54) is 4.90 Å². The van der Waals surface area contributed by atoms with Gasteiger partial charge in [-0.25, -0.2) is 14.4 Å². The van der Waals surface area contributed by atoms with E-state index < -0.39 is 23.9 Å². The summed E-state index contributed by atoms with van der Waals surface area (Å²) < 4.78 is 16.8. The van der Waals surface area contributed by atoms with Crippen LogP contribution < -0.4 is 10.5 Å². The Balaban J connectivity index is 1.27. The first-order valence-corrected chi connectivity index (χ1v) is 13.5. The maximum Gasteiger partial charge on any atom is 0.414 e. The molecule has 3 amide bonds. The molecule has 10 heteroatoms. The van der Waals surface area contributed by atoms with Crippen LogP contribution in [0, 0.1) is 17.8 Å². The Kier molecular flexibility index (Phi) is 8.18. The van der Waals surface area contributed by atoms with Crippen LogP contribution in [-0.2, 0) is 27.2 Å². The molecule has 2 fully saturated rings. The number of nitrogens with two attached hydrogens (primary N) is 1. The first-order chi connectivity index (χ1) is 17.9. The molecule has 38 heavy (non-hydrogen) atoms. The summed E-state index contributed by atoms with van der Waals surface area (Å²) in [6.07, 6.45) is 2.60. The quantitative estimate of drug-likeness (QED) is 0.335. The second-order valence-electron chi connectivity index (χ2n) is 11.4. The van der Waals surface area contributed by atoms with Crippen molar-refractivity contribution in [2.75, 3.05) is 19.7 Å². The second-order valence-corrected chi connectivity index (χ2v) is 11.4. The summed E-state index contributed by atoms with van der Waals surface area (Å²) in [4.78, 5) is 44.8. The van der Waals surface area contributed by atoms with Crippen LogP contribution in [0.4, 0.5) is 9.59 Å². The van der Waals surface area contributed by atoms with Gasteiger partial charge in [-0.15, -0.1) is 0 Å². The minimum Gasteiger partial charge on any atom is -0.494 e. The lowest BCUT2D eigenvalue weighted by Crippen LogP contribution is -2.47. The van der Waals surface area contributed by atoms with E-state index in [4.69, 9.17) is 19.9 Å². The maximum atomic E-state index is 12.6. The molecule has 0 saturated carbocycles. The van der Waals surface area contributed by atoms with E-state index in [-0.39, 0.29) is 18.5 Å². The van der Waals surface area contributed by atoms with Crippen molar-refractivity contribution >= 4 is 23.9 Å². The van der Waals surface area contributed by atoms with Gasteiger partial charge in [-0.05, 0) is 54.4 Å². The Morgan fingerprint density at radius 1 is 1.16 bits per heavy atom. The highest BCUT2D eigenvalue weighted by Gasteiger charge is 2.44. The van der Waals surface area contributed by atoms with Gasteiger partial charge in [-0.3, -0.25) is 4.90 Å². The molecule has 4 rings (SSSR count).